The molecule has 1 saturated carbocycles. The highest BCUT2D eigenvalue weighted by atomic mass is 32.2. The van der Waals surface area contributed by atoms with Gasteiger partial charge in [0.05, 0.1) is 35.0 Å². The third-order valence-electron chi connectivity index (χ3n) is 11.0. The summed E-state index contributed by atoms with van der Waals surface area (Å²) in [6, 6.07) is 18.5. The Morgan fingerprint density at radius 2 is 1.61 bits per heavy atom. The summed E-state index contributed by atoms with van der Waals surface area (Å²) in [4.78, 5) is 53.3. The van der Waals surface area contributed by atoms with Crippen molar-refractivity contribution in [1.82, 2.24) is 10.2 Å². The summed E-state index contributed by atoms with van der Waals surface area (Å²) >= 11 is 0. The topological polar surface area (TPSA) is 157 Å². The van der Waals surface area contributed by atoms with Gasteiger partial charge in [-0.25, -0.2) is 12.8 Å². The fourth-order valence-electron chi connectivity index (χ4n) is 7.47. The third-order valence-corrected chi connectivity index (χ3v) is 12.5. The van der Waals surface area contributed by atoms with E-state index in [1.54, 1.807) is 0 Å². The molecule has 0 radical (unpaired) electrons. The van der Waals surface area contributed by atoms with Crippen LogP contribution in [0.25, 0.3) is 10.8 Å². The van der Waals surface area contributed by atoms with Crippen molar-refractivity contribution in [3.8, 4) is 11.5 Å². The van der Waals surface area contributed by atoms with Gasteiger partial charge in [0.2, 0.25) is 11.8 Å². The quantitative estimate of drug-likeness (QED) is 0.120. The minimum absolute atomic E-state index is 0.0873. The van der Waals surface area contributed by atoms with Crippen LogP contribution in [-0.4, -0.2) is 74.9 Å². The summed E-state index contributed by atoms with van der Waals surface area (Å²) in [5.74, 6) is -4.61. The first-order valence-corrected chi connectivity index (χ1v) is 20.4. The van der Waals surface area contributed by atoms with E-state index in [1.165, 1.54) is 31.1 Å². The highest BCUT2D eigenvalue weighted by Crippen LogP contribution is 2.40. The van der Waals surface area contributed by atoms with Gasteiger partial charge < -0.3 is 29.7 Å². The molecule has 2 unspecified atom stereocenters. The van der Waals surface area contributed by atoms with Crippen LogP contribution in [0.1, 0.15) is 61.9 Å². The van der Waals surface area contributed by atoms with Crippen LogP contribution in [0.5, 0.6) is 11.5 Å². The number of nitrogens with zero attached hydrogens (tertiary/aromatic N) is 1. The molecule has 2 N–H and O–H groups in total. The summed E-state index contributed by atoms with van der Waals surface area (Å²) in [5.41, 5.74) is -5.86. The Bertz CT molecular complexity index is 2360. The maximum atomic E-state index is 15.4. The van der Waals surface area contributed by atoms with Crippen molar-refractivity contribution in [1.29, 1.82) is 0 Å². The highest BCUT2D eigenvalue weighted by Gasteiger charge is 2.47. The summed E-state index contributed by atoms with van der Waals surface area (Å²) in [7, 11) is -4.48. The van der Waals surface area contributed by atoms with Gasteiger partial charge >= 0.3 is 11.5 Å². The zero-order valence-electron chi connectivity index (χ0n) is 32.4. The number of alkyl halides is 3. The molecule has 0 aromatic heterocycles. The van der Waals surface area contributed by atoms with E-state index in [2.05, 4.69) is 10.6 Å². The van der Waals surface area contributed by atoms with Crippen LogP contribution in [0.3, 0.4) is 0 Å². The van der Waals surface area contributed by atoms with Gasteiger partial charge in [0.25, 0.3) is 15.7 Å². The average molecular weight is 842 g/mol. The van der Waals surface area contributed by atoms with E-state index in [-0.39, 0.29) is 60.7 Å². The molecule has 1 aliphatic carbocycles. The molecule has 314 valence electrons. The Hall–Kier alpha value is -5.71. The van der Waals surface area contributed by atoms with Gasteiger partial charge in [-0.15, -0.1) is 0 Å². The van der Waals surface area contributed by atoms with E-state index in [0.29, 0.717) is 31.7 Å². The van der Waals surface area contributed by atoms with Crippen molar-refractivity contribution in [3.63, 3.8) is 0 Å². The molecule has 59 heavy (non-hydrogen) atoms. The number of benzene rings is 4. The lowest BCUT2D eigenvalue weighted by Crippen LogP contribution is -2.55. The number of fused-ring (bicyclic) bond motifs is 1. The summed E-state index contributed by atoms with van der Waals surface area (Å²) in [6.45, 7) is 3.20. The lowest BCUT2D eigenvalue weighted by molar-refractivity contribution is -0.159. The zero-order valence-corrected chi connectivity index (χ0v) is 33.3. The Labute approximate surface area is 338 Å². The second kappa shape index (κ2) is 17.3. The van der Waals surface area contributed by atoms with Crippen LogP contribution in [0.4, 0.5) is 23.2 Å². The monoisotopic (exact) mass is 841 g/mol. The normalized spacial score (nSPS) is 21.0. The number of piperidine rings is 1. The molecular formula is C42H43F4N3O9S. The maximum Gasteiger partial charge on any atom is 0.501 e. The molecular weight excluding hydrogens is 799 g/mol. The number of esters is 1. The molecule has 17 heteroatoms. The Kier molecular flexibility index (Phi) is 12.5. The van der Waals surface area contributed by atoms with E-state index in [0.717, 1.165) is 34.5 Å². The van der Waals surface area contributed by atoms with Gasteiger partial charge in [-0.3, -0.25) is 19.2 Å². The highest BCUT2D eigenvalue weighted by molar-refractivity contribution is 7.92. The van der Waals surface area contributed by atoms with Crippen LogP contribution in [-0.2, 0) is 35.6 Å². The average Bonchev–Trinajstić information content (AvgIpc) is 3.20. The predicted molar refractivity (Wildman–Crippen MR) is 208 cm³/mol. The number of methoxy groups -OCH3 is 1. The van der Waals surface area contributed by atoms with Crippen molar-refractivity contribution in [2.75, 3.05) is 25.5 Å². The molecule has 4 aromatic carbocycles. The number of amides is 3. The molecule has 0 bridgehead atoms. The molecule has 4 aromatic rings. The van der Waals surface area contributed by atoms with Crippen LogP contribution in [0, 0.1) is 17.2 Å². The lowest BCUT2D eigenvalue weighted by atomic mass is 9.74. The third kappa shape index (κ3) is 9.45. The Morgan fingerprint density at radius 1 is 0.915 bits per heavy atom. The van der Waals surface area contributed by atoms with Gasteiger partial charge in [0, 0.05) is 37.8 Å². The standard InChI is InChI=1S/C42H43F4N3O9S/c1-25(50)49-19-16-35(33(23-49)39(52)47-28-11-7-12-30(20-28)59(54,55)42(44,45)46)48-38(51)32-21-37(34(43)22-36(32)56-3)58-29-14-17-41(2,18-15-29)40(53)57-24-27-10-6-9-26-8-4-5-13-31(26)27/h4-13,20-22,29,33,35H,14-19,23-24H2,1-3H3,(H,47,52)(H,48,51). The Balaban J connectivity index is 1.12. The summed E-state index contributed by atoms with van der Waals surface area (Å²) in [6.07, 6.45) is 1.18. The number of rotatable bonds is 11. The van der Waals surface area contributed by atoms with E-state index < -0.39 is 61.4 Å². The van der Waals surface area contributed by atoms with Crippen molar-refractivity contribution in [2.24, 2.45) is 11.3 Å². The summed E-state index contributed by atoms with van der Waals surface area (Å²) in [5, 5.41) is 7.20. The van der Waals surface area contributed by atoms with Gasteiger partial charge in [0.1, 0.15) is 12.4 Å². The molecule has 1 aliphatic heterocycles. The van der Waals surface area contributed by atoms with Crippen LogP contribution >= 0.6 is 0 Å². The number of carbonyl (C=O) groups is 4. The number of halogens is 4. The molecule has 2 aliphatic rings. The molecule has 3 amide bonds. The van der Waals surface area contributed by atoms with E-state index in [1.807, 2.05) is 49.4 Å². The first kappa shape index (κ1) is 42.9. The number of hydrogen-bond donors (Lipinski definition) is 2. The number of carbonyl (C=O) groups excluding carboxylic acids is 4. The molecule has 6 rings (SSSR count). The van der Waals surface area contributed by atoms with Gasteiger partial charge in [-0.1, -0.05) is 48.5 Å². The van der Waals surface area contributed by atoms with E-state index in [9.17, 15) is 40.8 Å². The predicted octanol–water partition coefficient (Wildman–Crippen LogP) is 6.96. The number of ether oxygens (including phenoxy) is 3. The smallest absolute Gasteiger partial charge is 0.496 e. The minimum Gasteiger partial charge on any atom is -0.496 e. The summed E-state index contributed by atoms with van der Waals surface area (Å²) < 4.78 is 96.1. The van der Waals surface area contributed by atoms with Crippen LogP contribution in [0.2, 0.25) is 0 Å². The Morgan fingerprint density at radius 3 is 2.31 bits per heavy atom. The van der Waals surface area contributed by atoms with Crippen LogP contribution in [0.15, 0.2) is 83.8 Å². The molecule has 2 fully saturated rings. The minimum atomic E-state index is -5.71. The molecule has 1 heterocycles. The van der Waals surface area contributed by atoms with Crippen molar-refractivity contribution >= 4 is 50.0 Å². The molecule has 12 nitrogen and oxygen atoms in total. The van der Waals surface area contributed by atoms with Crippen molar-refractivity contribution in [3.05, 3.63) is 95.8 Å². The van der Waals surface area contributed by atoms with Gasteiger partial charge in [0.15, 0.2) is 11.6 Å². The van der Waals surface area contributed by atoms with E-state index in [4.69, 9.17) is 14.2 Å². The fourth-order valence-corrected chi connectivity index (χ4v) is 8.28. The largest absolute Gasteiger partial charge is 0.501 e. The molecule has 2 atom stereocenters. The molecule has 0 spiro atoms. The first-order valence-electron chi connectivity index (χ1n) is 18.9. The van der Waals surface area contributed by atoms with Crippen molar-refractivity contribution in [2.45, 2.75) is 75.1 Å². The maximum absolute atomic E-state index is 15.4. The second-order valence-corrected chi connectivity index (χ2v) is 16.9. The van der Waals surface area contributed by atoms with Gasteiger partial charge in [-0.05, 0) is 79.6 Å². The molecule has 1 saturated heterocycles. The van der Waals surface area contributed by atoms with E-state index >= 15 is 4.39 Å². The zero-order chi connectivity index (χ0) is 42.7. The lowest BCUT2D eigenvalue weighted by Gasteiger charge is -2.37. The van der Waals surface area contributed by atoms with Crippen molar-refractivity contribution < 1.29 is 59.4 Å². The van der Waals surface area contributed by atoms with Crippen LogP contribution < -0.4 is 20.1 Å². The second-order valence-electron chi connectivity index (χ2n) is 15.0. The van der Waals surface area contributed by atoms with Gasteiger partial charge in [-0.2, -0.15) is 13.2 Å². The number of sulfone groups is 1. The number of likely N-dealkylation sites (tertiary alicyclic amines) is 1. The fraction of sp³-hybridized carbons (Fsp3) is 0.381. The number of hydrogen-bond acceptors (Lipinski definition) is 9. The number of nitrogens with one attached hydrogen (secondary N) is 2. The number of anilines is 1. The SMILES string of the molecule is COc1cc(F)c(OC2CCC(C)(C(=O)OCc3cccc4ccccc34)CC2)cc1C(=O)NC1CCN(C(C)=O)CC1C(=O)Nc1cccc(S(=O)(=O)C(F)(F)F)c1. The first-order chi connectivity index (χ1) is 27.9.